The number of nitro groups is 1. The highest BCUT2D eigenvalue weighted by molar-refractivity contribution is 5.96. The number of carbonyl (C=O) groups excluding carboxylic acids is 1. The molecule has 0 saturated heterocycles. The molecule has 2 rings (SSSR count). The molecule has 0 N–H and O–H groups in total. The first-order chi connectivity index (χ1) is 11.4. The maximum Gasteiger partial charge on any atom is 0.273 e. The number of hydrogen-bond donors (Lipinski definition) is 0. The second-order valence-electron chi connectivity index (χ2n) is 5.54. The molecule has 1 unspecified atom stereocenters. The Morgan fingerprint density at radius 1 is 1.21 bits per heavy atom. The second-order valence-corrected chi connectivity index (χ2v) is 5.54. The van der Waals surface area contributed by atoms with Crippen LogP contribution in [0.25, 0.3) is 0 Å². The van der Waals surface area contributed by atoms with Crippen molar-refractivity contribution in [2.75, 3.05) is 14.2 Å². The monoisotopic (exact) mass is 328 g/mol. The molecule has 0 heterocycles. The van der Waals surface area contributed by atoms with Crippen molar-refractivity contribution >= 4 is 11.6 Å². The van der Waals surface area contributed by atoms with E-state index in [1.165, 1.54) is 12.1 Å². The fourth-order valence-corrected chi connectivity index (χ4v) is 2.64. The molecule has 2 aromatic carbocycles. The lowest BCUT2D eigenvalue weighted by atomic mass is 10.0. The molecule has 6 nitrogen and oxygen atoms in total. The van der Waals surface area contributed by atoms with Crippen molar-refractivity contribution in [3.63, 3.8) is 0 Å². The second kappa shape index (κ2) is 7.12. The van der Waals surface area contributed by atoms with Crippen LogP contribution in [-0.2, 0) is 0 Å². The molecule has 0 aliphatic rings. The van der Waals surface area contributed by atoms with E-state index in [0.717, 1.165) is 5.56 Å². The number of para-hydroxylation sites is 1. The molecule has 0 aliphatic carbocycles. The smallest absolute Gasteiger partial charge is 0.273 e. The van der Waals surface area contributed by atoms with E-state index in [9.17, 15) is 14.9 Å². The Morgan fingerprint density at radius 2 is 1.88 bits per heavy atom. The number of rotatable bonds is 5. The van der Waals surface area contributed by atoms with E-state index in [1.807, 2.05) is 31.2 Å². The minimum Gasteiger partial charge on any atom is -0.496 e. The van der Waals surface area contributed by atoms with E-state index >= 15 is 0 Å². The van der Waals surface area contributed by atoms with E-state index < -0.39 is 4.92 Å². The summed E-state index contributed by atoms with van der Waals surface area (Å²) in [6.45, 7) is 3.48. The average molecular weight is 328 g/mol. The molecule has 2 aromatic rings. The Hall–Kier alpha value is -2.89. The Balaban J connectivity index is 2.36. The van der Waals surface area contributed by atoms with Crippen LogP contribution in [-0.4, -0.2) is 29.9 Å². The van der Waals surface area contributed by atoms with Crippen LogP contribution < -0.4 is 4.74 Å². The molecule has 0 spiro atoms. The lowest BCUT2D eigenvalue weighted by Gasteiger charge is -2.27. The Bertz CT molecular complexity index is 773. The zero-order valence-corrected chi connectivity index (χ0v) is 14.1. The molecule has 0 aliphatic heterocycles. The van der Waals surface area contributed by atoms with Gasteiger partial charge in [-0.15, -0.1) is 0 Å². The van der Waals surface area contributed by atoms with Crippen LogP contribution >= 0.6 is 0 Å². The maximum absolute atomic E-state index is 12.8. The Morgan fingerprint density at radius 3 is 2.50 bits per heavy atom. The number of carbonyl (C=O) groups is 1. The number of nitro benzene ring substituents is 1. The van der Waals surface area contributed by atoms with Gasteiger partial charge in [0.1, 0.15) is 5.75 Å². The van der Waals surface area contributed by atoms with E-state index in [1.54, 1.807) is 32.0 Å². The van der Waals surface area contributed by atoms with Crippen LogP contribution in [0.4, 0.5) is 5.69 Å². The molecular formula is C18H20N2O4. The average Bonchev–Trinajstić information content (AvgIpc) is 2.59. The minimum atomic E-state index is -0.476. The van der Waals surface area contributed by atoms with Crippen LogP contribution in [0, 0.1) is 17.0 Å². The summed E-state index contributed by atoms with van der Waals surface area (Å²) in [6.07, 6.45) is 0. The molecule has 0 radical (unpaired) electrons. The summed E-state index contributed by atoms with van der Waals surface area (Å²) in [4.78, 5) is 25.0. The van der Waals surface area contributed by atoms with Gasteiger partial charge in [-0.1, -0.05) is 24.3 Å². The lowest BCUT2D eigenvalue weighted by Crippen LogP contribution is -2.30. The van der Waals surface area contributed by atoms with E-state index in [0.29, 0.717) is 16.9 Å². The highest BCUT2D eigenvalue weighted by Gasteiger charge is 2.25. The number of ether oxygens (including phenoxy) is 1. The summed E-state index contributed by atoms with van der Waals surface area (Å²) in [7, 11) is 3.26. The quantitative estimate of drug-likeness (QED) is 0.619. The molecule has 0 fully saturated rings. The molecule has 0 aromatic heterocycles. The van der Waals surface area contributed by atoms with Gasteiger partial charge in [0, 0.05) is 29.8 Å². The number of methoxy groups -OCH3 is 1. The predicted molar refractivity (Wildman–Crippen MR) is 91.3 cm³/mol. The summed E-state index contributed by atoms with van der Waals surface area (Å²) in [5, 5.41) is 11.1. The van der Waals surface area contributed by atoms with Crippen molar-refractivity contribution < 1.29 is 14.5 Å². The molecular weight excluding hydrogens is 308 g/mol. The molecule has 126 valence electrons. The SMILES string of the molecule is COc1ccccc1C(C)N(C)C(=O)c1cccc([N+](=O)[O-])c1C. The van der Waals surface area contributed by atoms with Gasteiger partial charge in [-0.3, -0.25) is 14.9 Å². The largest absolute Gasteiger partial charge is 0.496 e. The van der Waals surface area contributed by atoms with Crippen molar-refractivity contribution in [2.45, 2.75) is 19.9 Å². The number of amides is 1. The Labute approximate surface area is 140 Å². The van der Waals surface area contributed by atoms with Crippen molar-refractivity contribution in [1.82, 2.24) is 4.90 Å². The molecule has 0 bridgehead atoms. The van der Waals surface area contributed by atoms with Crippen LogP contribution in [0.1, 0.15) is 34.5 Å². The highest BCUT2D eigenvalue weighted by Crippen LogP contribution is 2.30. The van der Waals surface area contributed by atoms with Gasteiger partial charge < -0.3 is 9.64 Å². The number of nitrogens with zero attached hydrogens (tertiary/aromatic N) is 2. The summed E-state index contributed by atoms with van der Waals surface area (Å²) in [5.41, 5.74) is 1.51. The van der Waals surface area contributed by atoms with Gasteiger partial charge in [0.25, 0.3) is 11.6 Å². The number of hydrogen-bond acceptors (Lipinski definition) is 4. The van der Waals surface area contributed by atoms with Gasteiger partial charge in [0.2, 0.25) is 0 Å². The molecule has 1 atom stereocenters. The van der Waals surface area contributed by atoms with Crippen LogP contribution in [0.15, 0.2) is 42.5 Å². The zero-order chi connectivity index (χ0) is 17.9. The summed E-state index contributed by atoms with van der Waals surface area (Å²) >= 11 is 0. The van der Waals surface area contributed by atoms with E-state index in [4.69, 9.17) is 4.74 Å². The third-order valence-corrected chi connectivity index (χ3v) is 4.22. The molecule has 0 saturated carbocycles. The van der Waals surface area contributed by atoms with Crippen molar-refractivity contribution in [1.29, 1.82) is 0 Å². The van der Waals surface area contributed by atoms with Gasteiger partial charge in [-0.05, 0) is 26.0 Å². The van der Waals surface area contributed by atoms with Gasteiger partial charge in [0.05, 0.1) is 18.1 Å². The topological polar surface area (TPSA) is 72.7 Å². The highest BCUT2D eigenvalue weighted by atomic mass is 16.6. The standard InChI is InChI=1S/C18H20N2O4/c1-12-14(9-7-10-16(12)20(22)23)18(21)19(3)13(2)15-8-5-6-11-17(15)24-4/h5-11,13H,1-4H3. The van der Waals surface area contributed by atoms with Gasteiger partial charge in [-0.2, -0.15) is 0 Å². The van der Waals surface area contributed by atoms with E-state index in [-0.39, 0.29) is 17.6 Å². The first kappa shape index (κ1) is 17.5. The Kier molecular flexibility index (Phi) is 5.18. The number of benzene rings is 2. The fraction of sp³-hybridized carbons (Fsp3) is 0.278. The lowest BCUT2D eigenvalue weighted by molar-refractivity contribution is -0.385. The van der Waals surface area contributed by atoms with Crippen molar-refractivity contribution in [3.8, 4) is 5.75 Å². The molecule has 24 heavy (non-hydrogen) atoms. The van der Waals surface area contributed by atoms with Crippen LogP contribution in [0.2, 0.25) is 0 Å². The first-order valence-electron chi connectivity index (χ1n) is 7.52. The summed E-state index contributed by atoms with van der Waals surface area (Å²) < 4.78 is 5.35. The summed E-state index contributed by atoms with van der Waals surface area (Å²) in [5.74, 6) is 0.426. The van der Waals surface area contributed by atoms with Crippen molar-refractivity contribution in [3.05, 3.63) is 69.3 Å². The summed E-state index contributed by atoms with van der Waals surface area (Å²) in [6, 6.07) is 11.8. The fourth-order valence-electron chi connectivity index (χ4n) is 2.64. The molecule has 6 heteroatoms. The zero-order valence-electron chi connectivity index (χ0n) is 14.1. The maximum atomic E-state index is 12.8. The van der Waals surface area contributed by atoms with Crippen LogP contribution in [0.3, 0.4) is 0 Å². The van der Waals surface area contributed by atoms with Gasteiger partial charge in [0.15, 0.2) is 0 Å². The van der Waals surface area contributed by atoms with Crippen molar-refractivity contribution in [2.24, 2.45) is 0 Å². The molecule has 1 amide bonds. The normalized spacial score (nSPS) is 11.7. The third-order valence-electron chi connectivity index (χ3n) is 4.22. The van der Waals surface area contributed by atoms with Gasteiger partial charge >= 0.3 is 0 Å². The van der Waals surface area contributed by atoms with Crippen LogP contribution in [0.5, 0.6) is 5.75 Å². The van der Waals surface area contributed by atoms with Gasteiger partial charge in [-0.25, -0.2) is 0 Å². The van der Waals surface area contributed by atoms with E-state index in [2.05, 4.69) is 0 Å². The minimum absolute atomic E-state index is 0.0563. The predicted octanol–water partition coefficient (Wildman–Crippen LogP) is 3.75. The third kappa shape index (κ3) is 3.22. The first-order valence-corrected chi connectivity index (χ1v) is 7.52.